The zero-order chi connectivity index (χ0) is 27.6. The fraction of sp³-hybridized carbons (Fsp3) is 0.500. The lowest BCUT2D eigenvalue weighted by molar-refractivity contribution is 0.0953. The van der Waals surface area contributed by atoms with Gasteiger partial charge in [0.2, 0.25) is 0 Å². The summed E-state index contributed by atoms with van der Waals surface area (Å²) in [4.78, 5) is 37.5. The van der Waals surface area contributed by atoms with E-state index in [1.807, 2.05) is 0 Å². The summed E-state index contributed by atoms with van der Waals surface area (Å²) in [6.45, 7) is -0.453. The van der Waals surface area contributed by atoms with Crippen molar-refractivity contribution in [3.8, 4) is 0 Å². The molecule has 0 bridgehead atoms. The van der Waals surface area contributed by atoms with Crippen molar-refractivity contribution in [1.82, 2.24) is 16.0 Å². The summed E-state index contributed by atoms with van der Waals surface area (Å²) in [6, 6.07) is 3.39. The molecule has 0 atom stereocenters. The molecular formula is C18H27N3O12S3. The van der Waals surface area contributed by atoms with Gasteiger partial charge in [-0.2, -0.15) is 25.3 Å². The van der Waals surface area contributed by atoms with E-state index in [1.165, 1.54) is 0 Å². The molecule has 0 aliphatic rings. The molecule has 36 heavy (non-hydrogen) atoms. The van der Waals surface area contributed by atoms with Gasteiger partial charge in [0.25, 0.3) is 48.1 Å². The molecule has 0 aromatic heterocycles. The van der Waals surface area contributed by atoms with Gasteiger partial charge in [0.05, 0.1) is 17.3 Å². The molecule has 204 valence electrons. The SMILES string of the molecule is O=C(NCCCS(=O)(=O)O)c1cc(C(=O)NCCCS(=O)(=O)O)cc(C(=O)NCCCS(=O)(=O)O)c1. The Bertz CT molecular complexity index is 1110. The first-order valence-corrected chi connectivity index (χ1v) is 15.1. The molecule has 6 N–H and O–H groups in total. The Labute approximate surface area is 208 Å². The molecule has 0 aliphatic carbocycles. The first-order chi connectivity index (χ1) is 16.5. The lowest BCUT2D eigenvalue weighted by Crippen LogP contribution is -2.30. The number of rotatable bonds is 15. The zero-order valence-corrected chi connectivity index (χ0v) is 21.3. The van der Waals surface area contributed by atoms with Gasteiger partial charge in [-0.25, -0.2) is 0 Å². The Morgan fingerprint density at radius 1 is 0.528 bits per heavy atom. The van der Waals surface area contributed by atoms with Crippen molar-refractivity contribution >= 4 is 48.1 Å². The standard InChI is InChI=1S/C18H27N3O12S3/c22-16(19-4-1-7-34(25,26)27)13-10-14(17(23)20-5-2-8-35(28,29)30)12-15(11-13)18(24)21-6-3-9-36(31,32)33/h10-12H,1-9H2,(H,19,22)(H,20,23)(H,21,24)(H,25,26,27)(H,28,29,30)(H,31,32,33). The van der Waals surface area contributed by atoms with Gasteiger partial charge in [0.15, 0.2) is 0 Å². The van der Waals surface area contributed by atoms with Crippen molar-refractivity contribution in [2.45, 2.75) is 19.3 Å². The van der Waals surface area contributed by atoms with E-state index in [9.17, 15) is 39.6 Å². The van der Waals surface area contributed by atoms with E-state index in [0.717, 1.165) is 18.2 Å². The molecule has 18 heteroatoms. The zero-order valence-electron chi connectivity index (χ0n) is 18.8. The average molecular weight is 574 g/mol. The van der Waals surface area contributed by atoms with Crippen molar-refractivity contribution in [1.29, 1.82) is 0 Å². The van der Waals surface area contributed by atoms with Gasteiger partial charge >= 0.3 is 0 Å². The molecule has 0 unspecified atom stereocenters. The first-order valence-electron chi connectivity index (χ1n) is 10.3. The fourth-order valence-electron chi connectivity index (χ4n) is 2.70. The molecule has 0 aliphatic heterocycles. The summed E-state index contributed by atoms with van der Waals surface area (Å²) in [6.07, 6.45) is -0.334. The summed E-state index contributed by atoms with van der Waals surface area (Å²) in [5.41, 5.74) is -0.471. The van der Waals surface area contributed by atoms with E-state index < -0.39 is 65.3 Å². The average Bonchev–Trinajstić information content (AvgIpc) is 2.74. The van der Waals surface area contributed by atoms with Crippen LogP contribution in [0.1, 0.15) is 50.3 Å². The maximum absolute atomic E-state index is 12.5. The molecular weight excluding hydrogens is 546 g/mol. The molecule has 0 saturated heterocycles. The number of hydrogen-bond acceptors (Lipinski definition) is 9. The second kappa shape index (κ2) is 13.6. The molecule has 1 aromatic carbocycles. The van der Waals surface area contributed by atoms with Crippen molar-refractivity contribution in [2.24, 2.45) is 0 Å². The van der Waals surface area contributed by atoms with Crippen molar-refractivity contribution in [3.63, 3.8) is 0 Å². The summed E-state index contributed by atoms with van der Waals surface area (Å²) in [5, 5.41) is 7.12. The quantitative estimate of drug-likeness (QED) is 0.106. The van der Waals surface area contributed by atoms with Gasteiger partial charge in [-0.05, 0) is 37.5 Å². The van der Waals surface area contributed by atoms with Crippen LogP contribution in [0.3, 0.4) is 0 Å². The molecule has 0 radical (unpaired) electrons. The van der Waals surface area contributed by atoms with Crippen LogP contribution in [0.15, 0.2) is 18.2 Å². The summed E-state index contributed by atoms with van der Waals surface area (Å²) in [7, 11) is -12.7. The molecule has 1 rings (SSSR count). The van der Waals surface area contributed by atoms with E-state index in [0.29, 0.717) is 0 Å². The molecule has 0 fully saturated rings. The highest BCUT2D eigenvalue weighted by Crippen LogP contribution is 2.12. The largest absolute Gasteiger partial charge is 0.352 e. The van der Waals surface area contributed by atoms with Gasteiger partial charge in [-0.3, -0.25) is 28.0 Å². The molecule has 3 amide bonds. The second-order valence-corrected chi connectivity index (χ2v) is 12.2. The Morgan fingerprint density at radius 2 is 0.750 bits per heavy atom. The topological polar surface area (TPSA) is 250 Å². The van der Waals surface area contributed by atoms with Crippen LogP contribution in [0.5, 0.6) is 0 Å². The maximum atomic E-state index is 12.5. The van der Waals surface area contributed by atoms with Gasteiger partial charge < -0.3 is 16.0 Å². The van der Waals surface area contributed by atoms with Crippen LogP contribution in [0.25, 0.3) is 0 Å². The maximum Gasteiger partial charge on any atom is 0.264 e. The third kappa shape index (κ3) is 14.0. The van der Waals surface area contributed by atoms with Gasteiger partial charge in [-0.1, -0.05) is 0 Å². The highest BCUT2D eigenvalue weighted by atomic mass is 32.2. The fourth-order valence-corrected chi connectivity index (χ4v) is 4.22. The van der Waals surface area contributed by atoms with Crippen LogP contribution in [0, 0.1) is 0 Å². The predicted octanol–water partition coefficient (Wildman–Crippen LogP) is -1.29. The van der Waals surface area contributed by atoms with Gasteiger partial charge in [0.1, 0.15) is 0 Å². The Morgan fingerprint density at radius 3 is 0.944 bits per heavy atom. The highest BCUT2D eigenvalue weighted by molar-refractivity contribution is 7.86. The lowest BCUT2D eigenvalue weighted by atomic mass is 10.0. The van der Waals surface area contributed by atoms with Crippen LogP contribution in [0.2, 0.25) is 0 Å². The third-order valence-corrected chi connectivity index (χ3v) is 6.73. The monoisotopic (exact) mass is 573 g/mol. The summed E-state index contributed by atoms with van der Waals surface area (Å²) in [5.74, 6) is -4.12. The van der Waals surface area contributed by atoms with Crippen LogP contribution in [0.4, 0.5) is 0 Å². The highest BCUT2D eigenvalue weighted by Gasteiger charge is 2.17. The lowest BCUT2D eigenvalue weighted by Gasteiger charge is -2.11. The number of carbonyl (C=O) groups excluding carboxylic acids is 3. The van der Waals surface area contributed by atoms with Crippen molar-refractivity contribution in [2.75, 3.05) is 36.9 Å². The third-order valence-electron chi connectivity index (χ3n) is 4.31. The van der Waals surface area contributed by atoms with E-state index >= 15 is 0 Å². The molecule has 0 heterocycles. The summed E-state index contributed by atoms with van der Waals surface area (Å²) >= 11 is 0. The van der Waals surface area contributed by atoms with E-state index in [2.05, 4.69) is 16.0 Å². The van der Waals surface area contributed by atoms with E-state index in [1.54, 1.807) is 0 Å². The Kier molecular flexibility index (Phi) is 11.9. The Balaban J connectivity index is 2.99. The minimum absolute atomic E-state index is 0.111. The number of hydrogen-bond donors (Lipinski definition) is 6. The van der Waals surface area contributed by atoms with E-state index in [4.69, 9.17) is 13.7 Å². The molecule has 15 nitrogen and oxygen atoms in total. The number of amides is 3. The minimum atomic E-state index is -4.23. The van der Waals surface area contributed by atoms with Crippen molar-refractivity contribution in [3.05, 3.63) is 34.9 Å². The number of nitrogens with one attached hydrogen (secondary N) is 3. The normalized spacial score (nSPS) is 12.1. The smallest absolute Gasteiger partial charge is 0.264 e. The second-order valence-electron chi connectivity index (χ2n) is 7.49. The minimum Gasteiger partial charge on any atom is -0.352 e. The van der Waals surface area contributed by atoms with Crippen LogP contribution < -0.4 is 16.0 Å². The predicted molar refractivity (Wildman–Crippen MR) is 127 cm³/mol. The van der Waals surface area contributed by atoms with Crippen LogP contribution in [-0.4, -0.2) is 93.5 Å². The van der Waals surface area contributed by atoms with E-state index in [-0.39, 0.29) is 55.6 Å². The molecule has 1 aromatic rings. The summed E-state index contributed by atoms with van der Waals surface area (Å²) < 4.78 is 90.8. The van der Waals surface area contributed by atoms with Crippen LogP contribution in [-0.2, 0) is 30.4 Å². The van der Waals surface area contributed by atoms with Crippen molar-refractivity contribution < 1.29 is 53.3 Å². The van der Waals surface area contributed by atoms with Gasteiger partial charge in [-0.15, -0.1) is 0 Å². The molecule has 0 spiro atoms. The van der Waals surface area contributed by atoms with Gasteiger partial charge in [0, 0.05) is 36.3 Å². The first kappa shape index (κ1) is 31.4. The van der Waals surface area contributed by atoms with Crippen LogP contribution >= 0.6 is 0 Å². The number of benzene rings is 1. The number of carbonyl (C=O) groups is 3. The Hall–Kier alpha value is -2.64. The molecule has 0 saturated carbocycles.